The van der Waals surface area contributed by atoms with E-state index in [-0.39, 0.29) is 0 Å². The summed E-state index contributed by atoms with van der Waals surface area (Å²) in [7, 11) is 0. The Hall–Kier alpha value is -0.780. The zero-order chi connectivity index (χ0) is 16.1. The summed E-state index contributed by atoms with van der Waals surface area (Å²) in [5, 5.41) is 20.8. The minimum atomic E-state index is -0.927. The highest BCUT2D eigenvalue weighted by atomic mass is 79.9. The maximum Gasteiger partial charge on any atom is 0.119 e. The molecule has 6 heteroatoms. The van der Waals surface area contributed by atoms with Crippen molar-refractivity contribution in [1.82, 2.24) is 0 Å². The molecular formula is C16H15BrCl2O3. The summed E-state index contributed by atoms with van der Waals surface area (Å²) in [6.07, 6.45) is -1.77. The number of rotatable bonds is 6. The van der Waals surface area contributed by atoms with Crippen LogP contribution in [0.25, 0.3) is 0 Å². The molecule has 0 bridgehead atoms. The monoisotopic (exact) mass is 404 g/mol. The Morgan fingerprint density at radius 3 is 2.27 bits per heavy atom. The van der Waals surface area contributed by atoms with Gasteiger partial charge in [-0.1, -0.05) is 57.3 Å². The fourth-order valence-corrected chi connectivity index (χ4v) is 2.54. The first kappa shape index (κ1) is 17.6. The molecule has 2 aromatic carbocycles. The van der Waals surface area contributed by atoms with Gasteiger partial charge < -0.3 is 14.9 Å². The van der Waals surface area contributed by atoms with Crippen molar-refractivity contribution in [2.75, 3.05) is 5.33 Å². The second kappa shape index (κ2) is 8.18. The summed E-state index contributed by atoms with van der Waals surface area (Å²) < 4.78 is 5.65. The van der Waals surface area contributed by atoms with Gasteiger partial charge in [0.15, 0.2) is 0 Å². The van der Waals surface area contributed by atoms with Crippen LogP contribution in [0.1, 0.15) is 17.2 Å². The molecule has 0 heterocycles. The van der Waals surface area contributed by atoms with Crippen molar-refractivity contribution < 1.29 is 14.9 Å². The number of aliphatic hydroxyl groups is 2. The van der Waals surface area contributed by atoms with E-state index < -0.39 is 12.2 Å². The third-order valence-electron chi connectivity index (χ3n) is 3.13. The van der Waals surface area contributed by atoms with E-state index in [1.54, 1.807) is 36.4 Å². The molecule has 3 nitrogen and oxygen atoms in total. The minimum Gasteiger partial charge on any atom is -0.489 e. The van der Waals surface area contributed by atoms with Gasteiger partial charge in [-0.15, -0.1) is 0 Å². The fourth-order valence-electron chi connectivity index (χ4n) is 1.86. The van der Waals surface area contributed by atoms with E-state index in [4.69, 9.17) is 27.9 Å². The highest BCUT2D eigenvalue weighted by molar-refractivity contribution is 9.09. The van der Waals surface area contributed by atoms with Gasteiger partial charge in [0.05, 0.1) is 16.1 Å². The first-order chi connectivity index (χ1) is 10.5. The molecule has 0 fully saturated rings. The number of ether oxygens (including phenoxy) is 1. The quantitative estimate of drug-likeness (QED) is 0.702. The van der Waals surface area contributed by atoms with E-state index in [1.807, 2.05) is 6.07 Å². The molecule has 0 aliphatic heterocycles. The highest BCUT2D eigenvalue weighted by Crippen LogP contribution is 2.24. The van der Waals surface area contributed by atoms with Gasteiger partial charge in [0.2, 0.25) is 0 Å². The molecule has 0 amide bonds. The van der Waals surface area contributed by atoms with E-state index in [0.29, 0.717) is 33.3 Å². The summed E-state index contributed by atoms with van der Waals surface area (Å²) >= 11 is 14.9. The van der Waals surface area contributed by atoms with Gasteiger partial charge in [-0.3, -0.25) is 0 Å². The van der Waals surface area contributed by atoms with Crippen LogP contribution in [0.2, 0.25) is 10.0 Å². The molecule has 2 rings (SSSR count). The molecule has 0 radical (unpaired) electrons. The lowest BCUT2D eigenvalue weighted by molar-refractivity contribution is 0.0342. The van der Waals surface area contributed by atoms with Crippen LogP contribution >= 0.6 is 39.1 Å². The lowest BCUT2D eigenvalue weighted by Crippen LogP contribution is -2.19. The van der Waals surface area contributed by atoms with Crippen LogP contribution in [0.4, 0.5) is 0 Å². The number of hydrogen-bond donors (Lipinski definition) is 2. The van der Waals surface area contributed by atoms with Crippen molar-refractivity contribution in [3.63, 3.8) is 0 Å². The van der Waals surface area contributed by atoms with E-state index in [0.717, 1.165) is 5.56 Å². The van der Waals surface area contributed by atoms with Gasteiger partial charge in [-0.2, -0.15) is 0 Å². The molecule has 0 saturated heterocycles. The van der Waals surface area contributed by atoms with Crippen molar-refractivity contribution in [3.8, 4) is 5.75 Å². The maximum atomic E-state index is 9.90. The van der Waals surface area contributed by atoms with Crippen LogP contribution in [-0.4, -0.2) is 21.6 Å². The van der Waals surface area contributed by atoms with Crippen LogP contribution in [0.5, 0.6) is 5.75 Å². The smallest absolute Gasteiger partial charge is 0.119 e. The van der Waals surface area contributed by atoms with Crippen molar-refractivity contribution in [3.05, 3.63) is 63.6 Å². The minimum absolute atomic E-state index is 0.309. The Bertz CT molecular complexity index is 619. The number of hydrogen-bond acceptors (Lipinski definition) is 3. The second-order valence-electron chi connectivity index (χ2n) is 4.77. The number of aliphatic hydroxyl groups excluding tert-OH is 2. The van der Waals surface area contributed by atoms with Crippen LogP contribution in [0.15, 0.2) is 42.5 Å². The largest absolute Gasteiger partial charge is 0.489 e. The molecule has 2 unspecified atom stereocenters. The van der Waals surface area contributed by atoms with Gasteiger partial charge in [-0.05, 0) is 35.4 Å². The van der Waals surface area contributed by atoms with Gasteiger partial charge in [0.25, 0.3) is 0 Å². The molecule has 118 valence electrons. The standard InChI is InChI=1S/C16H15BrCl2O3/c17-8-15(20)16(21)11-2-4-12(5-3-11)22-9-10-1-6-13(18)14(19)7-10/h1-7,15-16,20-21H,8-9H2. The first-order valence-corrected chi connectivity index (χ1v) is 8.48. The summed E-state index contributed by atoms with van der Waals surface area (Å²) in [5.74, 6) is 0.662. The summed E-state index contributed by atoms with van der Waals surface area (Å²) in [5.41, 5.74) is 1.54. The van der Waals surface area contributed by atoms with Crippen molar-refractivity contribution in [1.29, 1.82) is 0 Å². The maximum absolute atomic E-state index is 9.90. The number of halogens is 3. The average Bonchev–Trinajstić information content (AvgIpc) is 2.55. The van der Waals surface area contributed by atoms with Crippen molar-refractivity contribution in [2.45, 2.75) is 18.8 Å². The number of benzene rings is 2. The van der Waals surface area contributed by atoms with Gasteiger partial charge in [0.1, 0.15) is 18.5 Å². The van der Waals surface area contributed by atoms with Crippen LogP contribution in [0.3, 0.4) is 0 Å². The van der Waals surface area contributed by atoms with Crippen molar-refractivity contribution in [2.24, 2.45) is 0 Å². The lowest BCUT2D eigenvalue weighted by Gasteiger charge is -2.16. The fraction of sp³-hybridized carbons (Fsp3) is 0.250. The zero-order valence-corrected chi connectivity index (χ0v) is 14.6. The Balaban J connectivity index is 1.98. The van der Waals surface area contributed by atoms with Crippen LogP contribution < -0.4 is 4.74 Å². The first-order valence-electron chi connectivity index (χ1n) is 6.60. The van der Waals surface area contributed by atoms with E-state index in [2.05, 4.69) is 15.9 Å². The normalized spacial score (nSPS) is 13.7. The molecule has 2 aromatic rings. The average molecular weight is 406 g/mol. The Morgan fingerprint density at radius 2 is 1.68 bits per heavy atom. The number of alkyl halides is 1. The molecule has 2 atom stereocenters. The molecule has 0 aliphatic carbocycles. The summed E-state index contributed by atoms with van der Waals surface area (Å²) in [4.78, 5) is 0. The summed E-state index contributed by atoms with van der Waals surface area (Å²) in [6.45, 7) is 0.364. The van der Waals surface area contributed by atoms with Crippen molar-refractivity contribution >= 4 is 39.1 Å². The lowest BCUT2D eigenvalue weighted by atomic mass is 10.1. The molecule has 2 N–H and O–H groups in total. The highest BCUT2D eigenvalue weighted by Gasteiger charge is 2.16. The molecule has 0 spiro atoms. The van der Waals surface area contributed by atoms with Crippen LogP contribution in [0, 0.1) is 0 Å². The van der Waals surface area contributed by atoms with Gasteiger partial charge >= 0.3 is 0 Å². The molecule has 22 heavy (non-hydrogen) atoms. The Kier molecular flexibility index (Phi) is 6.53. The molecule has 0 aliphatic rings. The van der Waals surface area contributed by atoms with Crippen LogP contribution in [-0.2, 0) is 6.61 Å². The zero-order valence-electron chi connectivity index (χ0n) is 11.5. The second-order valence-corrected chi connectivity index (χ2v) is 6.23. The third kappa shape index (κ3) is 4.61. The van der Waals surface area contributed by atoms with E-state index >= 15 is 0 Å². The predicted molar refractivity (Wildman–Crippen MR) is 92.0 cm³/mol. The topological polar surface area (TPSA) is 49.7 Å². The molecule has 0 aromatic heterocycles. The van der Waals surface area contributed by atoms with Gasteiger partial charge in [-0.25, -0.2) is 0 Å². The van der Waals surface area contributed by atoms with E-state index in [1.165, 1.54) is 0 Å². The van der Waals surface area contributed by atoms with Gasteiger partial charge in [0, 0.05) is 5.33 Å². The Morgan fingerprint density at radius 1 is 1.00 bits per heavy atom. The summed E-state index contributed by atoms with van der Waals surface area (Å²) in [6, 6.07) is 12.3. The molecule has 0 saturated carbocycles. The SMILES string of the molecule is OC(CBr)C(O)c1ccc(OCc2ccc(Cl)c(Cl)c2)cc1. The predicted octanol–water partition coefficient (Wildman–Crippen LogP) is 4.36. The van der Waals surface area contributed by atoms with E-state index in [9.17, 15) is 10.2 Å². The third-order valence-corrected chi connectivity index (χ3v) is 4.54. The molecular weight excluding hydrogens is 391 g/mol. The Labute approximate surface area is 147 Å².